The highest BCUT2D eigenvalue weighted by molar-refractivity contribution is 6.31. The summed E-state index contributed by atoms with van der Waals surface area (Å²) in [5.74, 6) is 1.13. The van der Waals surface area contributed by atoms with E-state index >= 15 is 0 Å². The van der Waals surface area contributed by atoms with Crippen LogP contribution in [0.2, 0.25) is 5.02 Å². The molecular formula is C18H23ClN4O2. The Bertz CT molecular complexity index is 811. The number of ether oxygens (including phenoxy) is 1. The van der Waals surface area contributed by atoms with Crippen LogP contribution < -0.4 is 5.32 Å². The van der Waals surface area contributed by atoms with E-state index in [1.165, 1.54) is 0 Å². The Labute approximate surface area is 152 Å². The SMILES string of the molecule is Cc1nnc(C(C)(C)C2OC3(CCNCC3)c3nc(C)c(Cl)cc32)o1. The van der Waals surface area contributed by atoms with Crippen molar-refractivity contribution in [2.24, 2.45) is 0 Å². The maximum absolute atomic E-state index is 6.71. The van der Waals surface area contributed by atoms with Crippen LogP contribution in [0.15, 0.2) is 10.5 Å². The molecule has 4 heterocycles. The van der Waals surface area contributed by atoms with Gasteiger partial charge in [-0.15, -0.1) is 10.2 Å². The molecule has 1 fully saturated rings. The topological polar surface area (TPSA) is 73.1 Å². The molecule has 7 heteroatoms. The Morgan fingerprint density at radius 3 is 2.60 bits per heavy atom. The summed E-state index contributed by atoms with van der Waals surface area (Å²) < 4.78 is 12.4. The molecule has 25 heavy (non-hydrogen) atoms. The largest absolute Gasteiger partial charge is 0.425 e. The number of aryl methyl sites for hydroxylation is 2. The number of nitrogens with zero attached hydrogens (tertiary/aromatic N) is 3. The molecule has 2 aliphatic rings. The Hall–Kier alpha value is -1.50. The molecule has 134 valence electrons. The van der Waals surface area contributed by atoms with Crippen molar-refractivity contribution in [1.29, 1.82) is 0 Å². The third-order valence-electron chi connectivity index (χ3n) is 5.38. The number of halogens is 1. The molecule has 0 aromatic carbocycles. The Morgan fingerprint density at radius 2 is 1.96 bits per heavy atom. The molecule has 2 aromatic rings. The number of piperidine rings is 1. The average Bonchev–Trinajstić information content (AvgIpc) is 3.13. The van der Waals surface area contributed by atoms with Gasteiger partial charge in [0.05, 0.1) is 27.9 Å². The lowest BCUT2D eigenvalue weighted by molar-refractivity contribution is -0.121. The smallest absolute Gasteiger partial charge is 0.225 e. The number of hydrogen-bond acceptors (Lipinski definition) is 6. The summed E-state index contributed by atoms with van der Waals surface area (Å²) in [4.78, 5) is 4.84. The molecule has 1 spiro atoms. The van der Waals surface area contributed by atoms with Crippen LogP contribution in [0.5, 0.6) is 0 Å². The minimum Gasteiger partial charge on any atom is -0.425 e. The standard InChI is InChI=1S/C18H23ClN4O2/c1-10-13(19)9-12-14(21-10)18(5-7-20-8-6-18)25-15(12)17(3,4)16-23-22-11(2)24-16/h9,15,20H,5-8H2,1-4H3. The molecule has 0 aliphatic carbocycles. The van der Waals surface area contributed by atoms with E-state index in [4.69, 9.17) is 25.7 Å². The summed E-state index contributed by atoms with van der Waals surface area (Å²) in [5.41, 5.74) is 2.05. The van der Waals surface area contributed by atoms with Crippen molar-refractivity contribution in [2.75, 3.05) is 13.1 Å². The summed E-state index contributed by atoms with van der Waals surface area (Å²) in [6.07, 6.45) is 1.55. The fourth-order valence-electron chi connectivity index (χ4n) is 3.90. The zero-order valence-electron chi connectivity index (χ0n) is 15.0. The highest BCUT2D eigenvalue weighted by Crippen LogP contribution is 2.54. The van der Waals surface area contributed by atoms with Crippen LogP contribution in [0.4, 0.5) is 0 Å². The van der Waals surface area contributed by atoms with E-state index in [2.05, 4.69) is 29.4 Å². The van der Waals surface area contributed by atoms with Crippen LogP contribution in [-0.4, -0.2) is 28.3 Å². The number of nitrogens with one attached hydrogen (secondary N) is 1. The van der Waals surface area contributed by atoms with Crippen LogP contribution in [0.1, 0.15) is 61.5 Å². The number of rotatable bonds is 2. The normalized spacial score (nSPS) is 22.4. The van der Waals surface area contributed by atoms with Gasteiger partial charge in [0, 0.05) is 12.5 Å². The summed E-state index contributed by atoms with van der Waals surface area (Å²) in [6, 6.07) is 2.01. The third-order valence-corrected chi connectivity index (χ3v) is 5.76. The fourth-order valence-corrected chi connectivity index (χ4v) is 4.05. The van der Waals surface area contributed by atoms with Crippen molar-refractivity contribution in [3.63, 3.8) is 0 Å². The van der Waals surface area contributed by atoms with Crippen LogP contribution in [0, 0.1) is 13.8 Å². The van der Waals surface area contributed by atoms with Crippen molar-refractivity contribution >= 4 is 11.6 Å². The van der Waals surface area contributed by atoms with Crippen molar-refractivity contribution < 1.29 is 9.15 Å². The van der Waals surface area contributed by atoms with Gasteiger partial charge in [-0.05, 0) is 52.8 Å². The van der Waals surface area contributed by atoms with Gasteiger partial charge in [-0.2, -0.15) is 0 Å². The predicted molar refractivity (Wildman–Crippen MR) is 93.7 cm³/mol. The van der Waals surface area contributed by atoms with E-state index in [-0.39, 0.29) is 11.7 Å². The highest BCUT2D eigenvalue weighted by atomic mass is 35.5. The maximum Gasteiger partial charge on any atom is 0.225 e. The second-order valence-corrected chi connectivity index (χ2v) is 7.99. The van der Waals surface area contributed by atoms with Crippen molar-refractivity contribution in [3.05, 3.63) is 39.8 Å². The van der Waals surface area contributed by atoms with Crippen LogP contribution in [0.3, 0.4) is 0 Å². The second kappa shape index (κ2) is 5.76. The molecule has 4 rings (SSSR count). The molecule has 0 radical (unpaired) electrons. The van der Waals surface area contributed by atoms with Crippen LogP contribution >= 0.6 is 11.6 Å². The number of pyridine rings is 1. The molecule has 6 nitrogen and oxygen atoms in total. The van der Waals surface area contributed by atoms with Crippen molar-refractivity contribution in [2.45, 2.75) is 57.7 Å². The Balaban J connectivity index is 1.84. The van der Waals surface area contributed by atoms with Crippen molar-refractivity contribution in [1.82, 2.24) is 20.5 Å². The minimum absolute atomic E-state index is 0.231. The second-order valence-electron chi connectivity index (χ2n) is 7.58. The lowest BCUT2D eigenvalue weighted by Gasteiger charge is -2.36. The highest BCUT2D eigenvalue weighted by Gasteiger charge is 2.53. The van der Waals surface area contributed by atoms with Gasteiger partial charge in [-0.25, -0.2) is 0 Å². The fraction of sp³-hybridized carbons (Fsp3) is 0.611. The number of hydrogen-bond donors (Lipinski definition) is 1. The minimum atomic E-state index is -0.481. The van der Waals surface area contributed by atoms with Gasteiger partial charge in [0.25, 0.3) is 0 Å². The molecule has 2 aromatic heterocycles. The lowest BCUT2D eigenvalue weighted by atomic mass is 9.81. The van der Waals surface area contributed by atoms with Gasteiger partial charge >= 0.3 is 0 Å². The Kier molecular flexibility index (Phi) is 3.90. The quantitative estimate of drug-likeness (QED) is 0.883. The molecule has 0 bridgehead atoms. The molecule has 1 N–H and O–H groups in total. The molecule has 1 saturated heterocycles. The number of fused-ring (bicyclic) bond motifs is 2. The predicted octanol–water partition coefficient (Wildman–Crippen LogP) is 3.36. The van der Waals surface area contributed by atoms with E-state index in [1.807, 2.05) is 13.0 Å². The Morgan fingerprint density at radius 1 is 1.24 bits per heavy atom. The van der Waals surface area contributed by atoms with Crippen LogP contribution in [0.25, 0.3) is 0 Å². The third kappa shape index (κ3) is 2.58. The summed E-state index contributed by atoms with van der Waals surface area (Å²) in [6.45, 7) is 9.71. The summed E-state index contributed by atoms with van der Waals surface area (Å²) >= 11 is 6.40. The van der Waals surface area contributed by atoms with Crippen molar-refractivity contribution in [3.8, 4) is 0 Å². The zero-order chi connectivity index (χ0) is 17.8. The van der Waals surface area contributed by atoms with E-state index in [9.17, 15) is 0 Å². The van der Waals surface area contributed by atoms with Gasteiger partial charge < -0.3 is 14.5 Å². The maximum atomic E-state index is 6.71. The van der Waals surface area contributed by atoms with Gasteiger partial charge in [-0.1, -0.05) is 11.6 Å². The van der Waals surface area contributed by atoms with E-state index in [1.54, 1.807) is 6.92 Å². The first-order chi connectivity index (χ1) is 11.8. The first-order valence-electron chi connectivity index (χ1n) is 8.70. The van der Waals surface area contributed by atoms with E-state index in [0.717, 1.165) is 42.9 Å². The lowest BCUT2D eigenvalue weighted by Crippen LogP contribution is -2.41. The monoisotopic (exact) mass is 362 g/mol. The summed E-state index contributed by atoms with van der Waals surface area (Å²) in [5, 5.41) is 12.3. The van der Waals surface area contributed by atoms with E-state index < -0.39 is 5.41 Å². The van der Waals surface area contributed by atoms with E-state index in [0.29, 0.717) is 16.8 Å². The number of aromatic nitrogens is 3. The summed E-state index contributed by atoms with van der Waals surface area (Å²) in [7, 11) is 0. The first-order valence-corrected chi connectivity index (χ1v) is 9.08. The molecule has 2 aliphatic heterocycles. The molecule has 1 atom stereocenters. The molecule has 0 saturated carbocycles. The zero-order valence-corrected chi connectivity index (χ0v) is 15.8. The average molecular weight is 363 g/mol. The van der Waals surface area contributed by atoms with Gasteiger partial charge in [0.1, 0.15) is 5.60 Å². The molecule has 1 unspecified atom stereocenters. The first kappa shape index (κ1) is 16.9. The molecule has 0 amide bonds. The van der Waals surface area contributed by atoms with Gasteiger partial charge in [0.2, 0.25) is 11.8 Å². The van der Waals surface area contributed by atoms with Gasteiger partial charge in [0.15, 0.2) is 0 Å². The van der Waals surface area contributed by atoms with Gasteiger partial charge in [-0.3, -0.25) is 4.98 Å². The van der Waals surface area contributed by atoms with Crippen LogP contribution in [-0.2, 0) is 15.8 Å². The molecular weight excluding hydrogens is 340 g/mol.